The second kappa shape index (κ2) is 4.65. The molecule has 0 N–H and O–H groups in total. The van der Waals surface area contributed by atoms with Crippen molar-refractivity contribution in [2.75, 3.05) is 0 Å². The number of carbonyl (C=O) groups is 1. The van der Waals surface area contributed by atoms with Crippen LogP contribution in [0.1, 0.15) is 6.92 Å². The van der Waals surface area contributed by atoms with Crippen molar-refractivity contribution in [3.05, 3.63) is 22.1 Å². The zero-order valence-electron chi connectivity index (χ0n) is 4.97. The van der Waals surface area contributed by atoms with E-state index in [0.717, 1.165) is 0 Å². The highest BCUT2D eigenvalue weighted by Crippen LogP contribution is 2.12. The van der Waals surface area contributed by atoms with Crippen molar-refractivity contribution in [2.45, 2.75) is 6.92 Å². The lowest BCUT2D eigenvalue weighted by Gasteiger charge is -1.87. The first-order valence-corrected chi connectivity index (χ1v) is 3.18. The number of carbonyl (C=O) groups excluding carboxylic acids is 1. The molecule has 0 radical (unpaired) electrons. The van der Waals surface area contributed by atoms with Crippen molar-refractivity contribution in [3.8, 4) is 0 Å². The van der Waals surface area contributed by atoms with E-state index >= 15 is 0 Å². The van der Waals surface area contributed by atoms with Crippen LogP contribution in [0, 0.1) is 0 Å². The number of rotatable bonds is 2. The minimum atomic E-state index is 0.491. The van der Waals surface area contributed by atoms with E-state index in [0.29, 0.717) is 16.2 Å². The molecule has 1 nitrogen and oxygen atoms in total. The van der Waals surface area contributed by atoms with Gasteiger partial charge in [0.1, 0.15) is 6.29 Å². The Hall–Kier alpha value is -0.210. The van der Waals surface area contributed by atoms with E-state index in [1.54, 1.807) is 6.92 Å². The molecule has 9 heavy (non-hydrogen) atoms. The van der Waals surface area contributed by atoms with Crippen LogP contribution < -0.4 is 0 Å². The Balaban J connectivity index is 4.06. The highest BCUT2D eigenvalue weighted by atomic mass is 35.5. The molecule has 50 valence electrons. The Kier molecular flexibility index (Phi) is 4.54. The van der Waals surface area contributed by atoms with E-state index < -0.39 is 0 Å². The lowest BCUT2D eigenvalue weighted by molar-refractivity contribution is -0.104. The topological polar surface area (TPSA) is 17.1 Å². The number of aldehydes is 1. The molecule has 0 spiro atoms. The third-order valence-corrected chi connectivity index (χ3v) is 1.45. The normalized spacial score (nSPS) is 13.7. The smallest absolute Gasteiger partial charge is 0.142 e. The van der Waals surface area contributed by atoms with Gasteiger partial charge in [0, 0.05) is 5.03 Å². The molecule has 0 aliphatic carbocycles. The summed E-state index contributed by atoms with van der Waals surface area (Å²) in [7, 11) is 0. The van der Waals surface area contributed by atoms with Crippen LogP contribution in [0.15, 0.2) is 22.1 Å². The molecule has 0 fully saturated rings. The Morgan fingerprint density at radius 3 is 2.56 bits per heavy atom. The zero-order chi connectivity index (χ0) is 7.28. The summed E-state index contributed by atoms with van der Waals surface area (Å²) < 4.78 is 0. The maximum absolute atomic E-state index is 9.74. The van der Waals surface area contributed by atoms with Crippen LogP contribution in [0.5, 0.6) is 0 Å². The minimum absolute atomic E-state index is 0.491. The van der Waals surface area contributed by atoms with Crippen LogP contribution >= 0.6 is 24.2 Å². The number of hydrogen-bond donors (Lipinski definition) is 1. The van der Waals surface area contributed by atoms with Gasteiger partial charge in [-0.15, -0.1) is 12.6 Å². The summed E-state index contributed by atoms with van der Waals surface area (Å²) in [4.78, 5) is 10.4. The third kappa shape index (κ3) is 4.30. The number of thiol groups is 1. The van der Waals surface area contributed by atoms with Gasteiger partial charge in [-0.05, 0) is 24.0 Å². The second-order valence-electron chi connectivity index (χ2n) is 1.43. The van der Waals surface area contributed by atoms with Crippen LogP contribution in [0.2, 0.25) is 0 Å². The highest BCUT2D eigenvalue weighted by molar-refractivity contribution is 7.84. The van der Waals surface area contributed by atoms with Gasteiger partial charge < -0.3 is 0 Å². The average Bonchev–Trinajstić information content (AvgIpc) is 1.82. The standard InChI is InChI=1S/C6H7ClOS/c1-5(9)6(7)3-2-4-8/h2-4,9H,1H3/b3-2-,6-5-. The van der Waals surface area contributed by atoms with Crippen LogP contribution in [0.3, 0.4) is 0 Å². The molecule has 0 aromatic heterocycles. The molecule has 0 aromatic rings. The molecule has 0 atom stereocenters. The third-order valence-electron chi connectivity index (χ3n) is 0.667. The summed E-state index contributed by atoms with van der Waals surface area (Å²) in [5.74, 6) is 0. The number of allylic oxidation sites excluding steroid dienone is 4. The van der Waals surface area contributed by atoms with Gasteiger partial charge in [0.15, 0.2) is 0 Å². The Bertz CT molecular complexity index is 156. The van der Waals surface area contributed by atoms with E-state index in [1.165, 1.54) is 12.2 Å². The van der Waals surface area contributed by atoms with Crippen LogP contribution in [-0.2, 0) is 4.79 Å². The fourth-order valence-electron chi connectivity index (χ4n) is 0.244. The molecule has 0 saturated carbocycles. The minimum Gasteiger partial charge on any atom is -0.299 e. The van der Waals surface area contributed by atoms with Crippen LogP contribution in [0.25, 0.3) is 0 Å². The summed E-state index contributed by atoms with van der Waals surface area (Å²) in [6.07, 6.45) is 3.48. The van der Waals surface area contributed by atoms with Crippen molar-refractivity contribution in [1.29, 1.82) is 0 Å². The quantitative estimate of drug-likeness (QED) is 0.285. The van der Waals surface area contributed by atoms with E-state index in [4.69, 9.17) is 11.6 Å². The zero-order valence-corrected chi connectivity index (χ0v) is 6.62. The molecule has 0 rings (SSSR count). The van der Waals surface area contributed by atoms with E-state index in [9.17, 15) is 4.79 Å². The average molecular weight is 163 g/mol. The molecule has 0 aromatic carbocycles. The monoisotopic (exact) mass is 162 g/mol. The van der Waals surface area contributed by atoms with Gasteiger partial charge in [0.2, 0.25) is 0 Å². The summed E-state index contributed by atoms with van der Waals surface area (Å²) in [5.41, 5.74) is 0. The van der Waals surface area contributed by atoms with Gasteiger partial charge in [-0.1, -0.05) is 11.6 Å². The van der Waals surface area contributed by atoms with Gasteiger partial charge in [0.25, 0.3) is 0 Å². The van der Waals surface area contributed by atoms with E-state index in [-0.39, 0.29) is 0 Å². The largest absolute Gasteiger partial charge is 0.299 e. The van der Waals surface area contributed by atoms with Crippen molar-refractivity contribution >= 4 is 30.5 Å². The molecule has 0 heterocycles. The van der Waals surface area contributed by atoms with Crippen LogP contribution in [-0.4, -0.2) is 6.29 Å². The van der Waals surface area contributed by atoms with E-state index in [2.05, 4.69) is 12.6 Å². The predicted octanol–water partition coefficient (Wildman–Crippen LogP) is 2.14. The Morgan fingerprint density at radius 2 is 2.22 bits per heavy atom. The molecule has 0 unspecified atom stereocenters. The first-order chi connectivity index (χ1) is 4.18. The van der Waals surface area contributed by atoms with Gasteiger partial charge in [-0.3, -0.25) is 4.79 Å². The molecular formula is C6H7ClOS. The first-order valence-electron chi connectivity index (χ1n) is 2.35. The fraction of sp³-hybridized carbons (Fsp3) is 0.167. The summed E-state index contributed by atoms with van der Waals surface area (Å²) in [5, 5.41) is 0.491. The number of hydrogen-bond acceptors (Lipinski definition) is 2. The molecule has 0 saturated heterocycles. The molecule has 0 bridgehead atoms. The maximum Gasteiger partial charge on any atom is 0.142 e. The summed E-state index contributed by atoms with van der Waals surface area (Å²) in [6.45, 7) is 1.75. The molecule has 0 aliphatic heterocycles. The van der Waals surface area contributed by atoms with Gasteiger partial charge >= 0.3 is 0 Å². The number of halogens is 1. The van der Waals surface area contributed by atoms with E-state index in [1.807, 2.05) is 0 Å². The SMILES string of the molecule is C/C(S)=C(Cl)\C=C/C=O. The van der Waals surface area contributed by atoms with Crippen molar-refractivity contribution in [3.63, 3.8) is 0 Å². The van der Waals surface area contributed by atoms with Gasteiger partial charge in [0.05, 0.1) is 0 Å². The Labute approximate surface area is 64.8 Å². The molecule has 0 aliphatic rings. The lowest BCUT2D eigenvalue weighted by atomic mass is 10.4. The second-order valence-corrected chi connectivity index (χ2v) is 2.51. The van der Waals surface area contributed by atoms with Gasteiger partial charge in [-0.2, -0.15) is 0 Å². The fourth-order valence-corrected chi connectivity index (χ4v) is 0.392. The highest BCUT2D eigenvalue weighted by Gasteiger charge is 1.86. The maximum atomic E-state index is 9.74. The molecule has 0 amide bonds. The molecule has 3 heteroatoms. The molecular weight excluding hydrogens is 156 g/mol. The lowest BCUT2D eigenvalue weighted by Crippen LogP contribution is -1.67. The summed E-state index contributed by atoms with van der Waals surface area (Å²) >= 11 is 9.50. The van der Waals surface area contributed by atoms with Gasteiger partial charge in [-0.25, -0.2) is 0 Å². The first kappa shape index (κ1) is 8.79. The van der Waals surface area contributed by atoms with Crippen molar-refractivity contribution in [2.24, 2.45) is 0 Å². The van der Waals surface area contributed by atoms with Crippen LogP contribution in [0.4, 0.5) is 0 Å². The predicted molar refractivity (Wildman–Crippen MR) is 42.7 cm³/mol. The summed E-state index contributed by atoms with van der Waals surface area (Å²) in [6, 6.07) is 0. The van der Waals surface area contributed by atoms with Crippen molar-refractivity contribution < 1.29 is 4.79 Å². The van der Waals surface area contributed by atoms with Crippen molar-refractivity contribution in [1.82, 2.24) is 0 Å². The Morgan fingerprint density at radius 1 is 1.67 bits per heavy atom.